The highest BCUT2D eigenvalue weighted by molar-refractivity contribution is 6.30. The van der Waals surface area contributed by atoms with Gasteiger partial charge in [-0.1, -0.05) is 35.9 Å². The van der Waals surface area contributed by atoms with E-state index in [1.807, 2.05) is 62.5 Å². The maximum atomic E-state index is 5.96. The molecule has 0 amide bonds. The summed E-state index contributed by atoms with van der Waals surface area (Å²) in [4.78, 5) is 0. The molecule has 0 radical (unpaired) electrons. The van der Waals surface area contributed by atoms with Crippen molar-refractivity contribution < 1.29 is 9.47 Å². The zero-order valence-electron chi connectivity index (χ0n) is 12.3. The van der Waals surface area contributed by atoms with Gasteiger partial charge in [-0.3, -0.25) is 0 Å². The average Bonchev–Trinajstić information content (AvgIpc) is 2.50. The number of hydrogen-bond acceptors (Lipinski definition) is 3. The molecule has 0 aromatic heterocycles. The van der Waals surface area contributed by atoms with Gasteiger partial charge >= 0.3 is 0 Å². The second-order valence-electron chi connectivity index (χ2n) is 4.58. The molecule has 1 N–H and O–H groups in total. The van der Waals surface area contributed by atoms with Crippen molar-refractivity contribution in [2.24, 2.45) is 0 Å². The van der Waals surface area contributed by atoms with Crippen LogP contribution in [0.1, 0.15) is 18.5 Å². The SMILES string of the molecule is CCOc1ccccc1C(COc1cccc(Cl)c1)NC. The van der Waals surface area contributed by atoms with Gasteiger partial charge in [0, 0.05) is 10.6 Å². The first kappa shape index (κ1) is 15.7. The summed E-state index contributed by atoms with van der Waals surface area (Å²) in [6, 6.07) is 15.5. The van der Waals surface area contributed by atoms with Crippen LogP contribution in [-0.4, -0.2) is 20.3 Å². The molecule has 0 aliphatic carbocycles. The number of rotatable bonds is 7. The Balaban J connectivity index is 2.09. The van der Waals surface area contributed by atoms with E-state index in [0.29, 0.717) is 18.2 Å². The van der Waals surface area contributed by atoms with E-state index < -0.39 is 0 Å². The first-order chi connectivity index (χ1) is 10.2. The van der Waals surface area contributed by atoms with Gasteiger partial charge in [0.25, 0.3) is 0 Å². The molecule has 21 heavy (non-hydrogen) atoms. The maximum absolute atomic E-state index is 5.96. The van der Waals surface area contributed by atoms with Crippen molar-refractivity contribution in [3.05, 3.63) is 59.1 Å². The topological polar surface area (TPSA) is 30.5 Å². The van der Waals surface area contributed by atoms with Crippen LogP contribution in [-0.2, 0) is 0 Å². The van der Waals surface area contributed by atoms with E-state index in [0.717, 1.165) is 17.1 Å². The molecular formula is C17H20ClNO2. The molecule has 0 saturated carbocycles. The van der Waals surface area contributed by atoms with Gasteiger partial charge in [-0.25, -0.2) is 0 Å². The van der Waals surface area contributed by atoms with Crippen molar-refractivity contribution in [2.75, 3.05) is 20.3 Å². The van der Waals surface area contributed by atoms with Gasteiger partial charge in [0.05, 0.1) is 12.6 Å². The summed E-state index contributed by atoms with van der Waals surface area (Å²) in [5, 5.41) is 3.93. The van der Waals surface area contributed by atoms with Crippen LogP contribution in [0.2, 0.25) is 5.02 Å². The van der Waals surface area contributed by atoms with Gasteiger partial charge in [-0.15, -0.1) is 0 Å². The van der Waals surface area contributed by atoms with Crippen LogP contribution in [0.4, 0.5) is 0 Å². The number of hydrogen-bond donors (Lipinski definition) is 1. The van der Waals surface area contributed by atoms with Crippen LogP contribution < -0.4 is 14.8 Å². The van der Waals surface area contributed by atoms with E-state index in [2.05, 4.69) is 5.32 Å². The van der Waals surface area contributed by atoms with E-state index >= 15 is 0 Å². The lowest BCUT2D eigenvalue weighted by Crippen LogP contribution is -2.24. The normalized spacial score (nSPS) is 12.0. The fourth-order valence-corrected chi connectivity index (χ4v) is 2.30. The van der Waals surface area contributed by atoms with E-state index in [-0.39, 0.29) is 6.04 Å². The molecule has 4 heteroatoms. The second kappa shape index (κ2) is 7.91. The number of benzene rings is 2. The zero-order valence-corrected chi connectivity index (χ0v) is 13.1. The van der Waals surface area contributed by atoms with Crippen LogP contribution in [0.15, 0.2) is 48.5 Å². The Bertz CT molecular complexity index is 574. The molecular weight excluding hydrogens is 286 g/mol. The van der Waals surface area contributed by atoms with Crippen molar-refractivity contribution in [1.82, 2.24) is 5.32 Å². The summed E-state index contributed by atoms with van der Waals surface area (Å²) in [7, 11) is 1.91. The first-order valence-corrected chi connectivity index (χ1v) is 7.39. The van der Waals surface area contributed by atoms with Crippen molar-refractivity contribution in [1.29, 1.82) is 0 Å². The van der Waals surface area contributed by atoms with Gasteiger partial charge in [0.1, 0.15) is 18.1 Å². The quantitative estimate of drug-likeness (QED) is 0.836. The number of halogens is 1. The Morgan fingerprint density at radius 2 is 1.90 bits per heavy atom. The molecule has 0 fully saturated rings. The number of ether oxygens (including phenoxy) is 2. The van der Waals surface area contributed by atoms with Crippen molar-refractivity contribution >= 4 is 11.6 Å². The number of para-hydroxylation sites is 1. The Labute approximate surface area is 130 Å². The van der Waals surface area contributed by atoms with Crippen molar-refractivity contribution in [2.45, 2.75) is 13.0 Å². The Kier molecular flexibility index (Phi) is 5.90. The summed E-state index contributed by atoms with van der Waals surface area (Å²) >= 11 is 5.96. The summed E-state index contributed by atoms with van der Waals surface area (Å²) in [5.41, 5.74) is 1.09. The molecule has 0 aliphatic rings. The van der Waals surface area contributed by atoms with Crippen LogP contribution in [0, 0.1) is 0 Å². The molecule has 0 heterocycles. The lowest BCUT2D eigenvalue weighted by molar-refractivity contribution is 0.265. The highest BCUT2D eigenvalue weighted by atomic mass is 35.5. The predicted octanol–water partition coefficient (Wildman–Crippen LogP) is 4.08. The molecule has 2 aromatic carbocycles. The predicted molar refractivity (Wildman–Crippen MR) is 86.4 cm³/mol. The molecule has 0 aliphatic heterocycles. The Morgan fingerprint density at radius 3 is 2.62 bits per heavy atom. The standard InChI is InChI=1S/C17H20ClNO2/c1-3-20-17-10-5-4-9-15(17)16(19-2)12-21-14-8-6-7-13(18)11-14/h4-11,16,19H,3,12H2,1-2H3. The highest BCUT2D eigenvalue weighted by Crippen LogP contribution is 2.26. The average molecular weight is 306 g/mol. The van der Waals surface area contributed by atoms with E-state index in [1.165, 1.54) is 0 Å². The lowest BCUT2D eigenvalue weighted by Gasteiger charge is -2.20. The van der Waals surface area contributed by atoms with Gasteiger partial charge in [-0.05, 0) is 38.2 Å². The molecule has 1 atom stereocenters. The molecule has 112 valence electrons. The third-order valence-corrected chi connectivity index (χ3v) is 3.39. The molecule has 0 spiro atoms. The van der Waals surface area contributed by atoms with Crippen LogP contribution >= 0.6 is 11.6 Å². The fourth-order valence-electron chi connectivity index (χ4n) is 2.12. The van der Waals surface area contributed by atoms with Gasteiger partial charge < -0.3 is 14.8 Å². The second-order valence-corrected chi connectivity index (χ2v) is 5.02. The smallest absolute Gasteiger partial charge is 0.124 e. The van der Waals surface area contributed by atoms with Crippen LogP contribution in [0.5, 0.6) is 11.5 Å². The number of likely N-dealkylation sites (N-methyl/N-ethyl adjacent to an activating group) is 1. The van der Waals surface area contributed by atoms with Gasteiger partial charge in [-0.2, -0.15) is 0 Å². The highest BCUT2D eigenvalue weighted by Gasteiger charge is 2.15. The third-order valence-electron chi connectivity index (χ3n) is 3.16. The monoisotopic (exact) mass is 305 g/mol. The molecule has 2 aromatic rings. The third kappa shape index (κ3) is 4.38. The van der Waals surface area contributed by atoms with Crippen molar-refractivity contribution in [3.63, 3.8) is 0 Å². The minimum Gasteiger partial charge on any atom is -0.494 e. The summed E-state index contributed by atoms with van der Waals surface area (Å²) < 4.78 is 11.5. The minimum absolute atomic E-state index is 0.0479. The first-order valence-electron chi connectivity index (χ1n) is 7.02. The zero-order chi connectivity index (χ0) is 15.1. The lowest BCUT2D eigenvalue weighted by atomic mass is 10.1. The molecule has 0 saturated heterocycles. The molecule has 3 nitrogen and oxygen atoms in total. The molecule has 0 bridgehead atoms. The minimum atomic E-state index is 0.0479. The summed E-state index contributed by atoms with van der Waals surface area (Å²) in [5.74, 6) is 1.64. The molecule has 1 unspecified atom stereocenters. The molecule has 2 rings (SSSR count). The fraction of sp³-hybridized carbons (Fsp3) is 0.294. The van der Waals surface area contributed by atoms with E-state index in [4.69, 9.17) is 21.1 Å². The van der Waals surface area contributed by atoms with Crippen LogP contribution in [0.3, 0.4) is 0 Å². The van der Waals surface area contributed by atoms with E-state index in [1.54, 1.807) is 0 Å². The Hall–Kier alpha value is -1.71. The largest absolute Gasteiger partial charge is 0.494 e. The number of nitrogens with one attached hydrogen (secondary N) is 1. The van der Waals surface area contributed by atoms with Crippen LogP contribution in [0.25, 0.3) is 0 Å². The van der Waals surface area contributed by atoms with Gasteiger partial charge in [0.2, 0.25) is 0 Å². The van der Waals surface area contributed by atoms with E-state index in [9.17, 15) is 0 Å². The summed E-state index contributed by atoms with van der Waals surface area (Å²) in [6.45, 7) is 3.12. The Morgan fingerprint density at radius 1 is 1.10 bits per heavy atom. The van der Waals surface area contributed by atoms with Gasteiger partial charge in [0.15, 0.2) is 0 Å². The summed E-state index contributed by atoms with van der Waals surface area (Å²) in [6.07, 6.45) is 0. The maximum Gasteiger partial charge on any atom is 0.124 e. The van der Waals surface area contributed by atoms with Crippen molar-refractivity contribution in [3.8, 4) is 11.5 Å².